The van der Waals surface area contributed by atoms with Gasteiger partial charge in [-0.05, 0) is 42.5 Å². The van der Waals surface area contributed by atoms with E-state index in [-0.39, 0.29) is 5.91 Å². The first-order valence-electron chi connectivity index (χ1n) is 8.63. The highest BCUT2D eigenvalue weighted by atomic mass is 32.1. The summed E-state index contributed by atoms with van der Waals surface area (Å²) in [6.07, 6.45) is 0. The molecule has 26 heavy (non-hydrogen) atoms. The molecule has 2 aromatic heterocycles. The summed E-state index contributed by atoms with van der Waals surface area (Å²) in [5.74, 6) is -0.0391. The Hall–Kier alpha value is -2.37. The second-order valence-electron chi connectivity index (χ2n) is 6.33. The number of carbonyl (C=O) groups is 1. The van der Waals surface area contributed by atoms with Crippen LogP contribution in [0.2, 0.25) is 0 Å². The van der Waals surface area contributed by atoms with Crippen molar-refractivity contribution in [1.29, 1.82) is 0 Å². The Morgan fingerprint density at radius 3 is 2.62 bits per heavy atom. The maximum atomic E-state index is 12.7. The van der Waals surface area contributed by atoms with Gasteiger partial charge in [-0.3, -0.25) is 4.79 Å². The standard InChI is InChI=1S/C21H24N2O2S/c1-15-11-20(16(2)23(15)13-19-9-6-10-26-19)21(24)22-12-17-7-4-5-8-18(17)14-25-3/h4-11H,12-14H2,1-3H3,(H,22,24). The molecule has 0 aliphatic heterocycles. The summed E-state index contributed by atoms with van der Waals surface area (Å²) in [6, 6.07) is 14.2. The molecule has 0 unspecified atom stereocenters. The highest BCUT2D eigenvalue weighted by molar-refractivity contribution is 7.09. The second-order valence-corrected chi connectivity index (χ2v) is 7.37. The van der Waals surface area contributed by atoms with E-state index in [2.05, 4.69) is 27.4 Å². The fraction of sp³-hybridized carbons (Fsp3) is 0.286. The third-order valence-electron chi connectivity index (χ3n) is 4.57. The fourth-order valence-corrected chi connectivity index (χ4v) is 3.82. The Morgan fingerprint density at radius 2 is 1.92 bits per heavy atom. The van der Waals surface area contributed by atoms with E-state index in [1.807, 2.05) is 44.2 Å². The highest BCUT2D eigenvalue weighted by Crippen LogP contribution is 2.19. The predicted octanol–water partition coefficient (Wildman–Crippen LogP) is 4.29. The highest BCUT2D eigenvalue weighted by Gasteiger charge is 2.16. The van der Waals surface area contributed by atoms with Gasteiger partial charge in [0.15, 0.2) is 0 Å². The molecule has 0 spiro atoms. The van der Waals surface area contributed by atoms with Crippen molar-refractivity contribution in [1.82, 2.24) is 9.88 Å². The maximum absolute atomic E-state index is 12.7. The number of rotatable bonds is 7. The Bertz CT molecular complexity index is 882. The van der Waals surface area contributed by atoms with Gasteiger partial charge in [0.1, 0.15) is 0 Å². The SMILES string of the molecule is COCc1ccccc1CNC(=O)c1cc(C)n(Cc2cccs2)c1C. The molecule has 2 heterocycles. The monoisotopic (exact) mass is 368 g/mol. The largest absolute Gasteiger partial charge is 0.380 e. The van der Waals surface area contributed by atoms with Gasteiger partial charge in [-0.1, -0.05) is 30.3 Å². The Morgan fingerprint density at radius 1 is 1.15 bits per heavy atom. The molecule has 0 bridgehead atoms. The molecule has 5 heteroatoms. The summed E-state index contributed by atoms with van der Waals surface area (Å²) in [5.41, 5.74) is 5.01. The molecule has 0 aliphatic rings. The zero-order valence-corrected chi connectivity index (χ0v) is 16.2. The van der Waals surface area contributed by atoms with Gasteiger partial charge in [-0.15, -0.1) is 11.3 Å². The number of aryl methyl sites for hydroxylation is 1. The van der Waals surface area contributed by atoms with E-state index in [0.29, 0.717) is 13.2 Å². The lowest BCUT2D eigenvalue weighted by atomic mass is 10.1. The van der Waals surface area contributed by atoms with Crippen LogP contribution >= 0.6 is 11.3 Å². The van der Waals surface area contributed by atoms with E-state index in [1.165, 1.54) is 4.88 Å². The molecular formula is C21H24N2O2S. The van der Waals surface area contributed by atoms with Crippen molar-refractivity contribution < 1.29 is 9.53 Å². The van der Waals surface area contributed by atoms with Crippen molar-refractivity contribution in [2.24, 2.45) is 0 Å². The minimum atomic E-state index is -0.0391. The van der Waals surface area contributed by atoms with E-state index < -0.39 is 0 Å². The molecule has 0 saturated carbocycles. The fourth-order valence-electron chi connectivity index (χ4n) is 3.13. The number of nitrogens with one attached hydrogen (secondary N) is 1. The zero-order valence-electron chi connectivity index (χ0n) is 15.4. The summed E-state index contributed by atoms with van der Waals surface area (Å²) in [4.78, 5) is 14.0. The van der Waals surface area contributed by atoms with Crippen LogP contribution in [0.1, 0.15) is 37.7 Å². The molecule has 0 aliphatic carbocycles. The molecule has 1 aromatic carbocycles. The molecule has 4 nitrogen and oxygen atoms in total. The van der Waals surface area contributed by atoms with Crippen LogP contribution in [0.3, 0.4) is 0 Å². The van der Waals surface area contributed by atoms with E-state index in [4.69, 9.17) is 4.74 Å². The quantitative estimate of drug-likeness (QED) is 0.676. The summed E-state index contributed by atoms with van der Waals surface area (Å²) in [7, 11) is 1.68. The molecule has 0 saturated heterocycles. The molecule has 1 amide bonds. The molecule has 0 radical (unpaired) electrons. The van der Waals surface area contributed by atoms with Crippen LogP contribution in [0.4, 0.5) is 0 Å². The number of aromatic nitrogens is 1. The maximum Gasteiger partial charge on any atom is 0.253 e. The number of carbonyl (C=O) groups excluding carboxylic acids is 1. The van der Waals surface area contributed by atoms with Gasteiger partial charge >= 0.3 is 0 Å². The number of nitrogens with zero attached hydrogens (tertiary/aromatic N) is 1. The van der Waals surface area contributed by atoms with Crippen LogP contribution in [0.25, 0.3) is 0 Å². The van der Waals surface area contributed by atoms with Crippen LogP contribution in [0.15, 0.2) is 47.8 Å². The first-order valence-corrected chi connectivity index (χ1v) is 9.51. The lowest BCUT2D eigenvalue weighted by molar-refractivity contribution is 0.0949. The van der Waals surface area contributed by atoms with Crippen molar-refractivity contribution in [2.45, 2.75) is 33.5 Å². The van der Waals surface area contributed by atoms with Crippen molar-refractivity contribution in [2.75, 3.05) is 7.11 Å². The number of benzene rings is 1. The smallest absolute Gasteiger partial charge is 0.253 e. The van der Waals surface area contributed by atoms with E-state index >= 15 is 0 Å². The third-order valence-corrected chi connectivity index (χ3v) is 5.43. The lowest BCUT2D eigenvalue weighted by Gasteiger charge is -2.11. The van der Waals surface area contributed by atoms with Gasteiger partial charge in [0.05, 0.1) is 18.7 Å². The minimum Gasteiger partial charge on any atom is -0.380 e. The average molecular weight is 369 g/mol. The molecular weight excluding hydrogens is 344 g/mol. The van der Waals surface area contributed by atoms with Gasteiger partial charge in [-0.25, -0.2) is 0 Å². The summed E-state index contributed by atoms with van der Waals surface area (Å²) < 4.78 is 7.43. The number of thiophene rings is 1. The number of amides is 1. The first-order chi connectivity index (χ1) is 12.6. The van der Waals surface area contributed by atoms with E-state index in [1.54, 1.807) is 18.4 Å². The number of methoxy groups -OCH3 is 1. The predicted molar refractivity (Wildman–Crippen MR) is 106 cm³/mol. The number of hydrogen-bond acceptors (Lipinski definition) is 3. The van der Waals surface area contributed by atoms with Crippen molar-refractivity contribution in [3.05, 3.63) is 80.8 Å². The lowest BCUT2D eigenvalue weighted by Crippen LogP contribution is -2.24. The molecule has 0 fully saturated rings. The van der Waals surface area contributed by atoms with Crippen LogP contribution in [-0.4, -0.2) is 17.6 Å². The number of ether oxygens (including phenoxy) is 1. The van der Waals surface area contributed by atoms with Crippen LogP contribution in [0.5, 0.6) is 0 Å². The van der Waals surface area contributed by atoms with Crippen molar-refractivity contribution in [3.63, 3.8) is 0 Å². The normalized spacial score (nSPS) is 10.9. The van der Waals surface area contributed by atoms with Gasteiger partial charge in [0.25, 0.3) is 5.91 Å². The Kier molecular flexibility index (Phi) is 5.91. The van der Waals surface area contributed by atoms with Gasteiger partial charge in [0, 0.05) is 29.9 Å². The first kappa shape index (κ1) is 18.4. The summed E-state index contributed by atoms with van der Waals surface area (Å²) in [5, 5.41) is 5.13. The second kappa shape index (κ2) is 8.34. The van der Waals surface area contributed by atoms with E-state index in [0.717, 1.165) is 34.6 Å². The molecule has 136 valence electrons. The Balaban J connectivity index is 1.73. The molecule has 1 N–H and O–H groups in total. The van der Waals surface area contributed by atoms with Gasteiger partial charge in [-0.2, -0.15) is 0 Å². The molecule has 3 rings (SSSR count). The Labute approximate surface area is 158 Å². The third kappa shape index (κ3) is 4.06. The van der Waals surface area contributed by atoms with Crippen molar-refractivity contribution in [3.8, 4) is 0 Å². The molecule has 3 aromatic rings. The summed E-state index contributed by atoms with van der Waals surface area (Å²) in [6.45, 7) is 5.90. The van der Waals surface area contributed by atoms with Gasteiger partial charge in [0.2, 0.25) is 0 Å². The number of hydrogen-bond donors (Lipinski definition) is 1. The van der Waals surface area contributed by atoms with Gasteiger partial charge < -0.3 is 14.6 Å². The van der Waals surface area contributed by atoms with E-state index in [9.17, 15) is 4.79 Å². The molecule has 0 atom stereocenters. The van der Waals surface area contributed by atoms with Crippen molar-refractivity contribution >= 4 is 17.2 Å². The zero-order chi connectivity index (χ0) is 18.5. The van der Waals surface area contributed by atoms with Crippen LogP contribution < -0.4 is 5.32 Å². The minimum absolute atomic E-state index is 0.0391. The van der Waals surface area contributed by atoms with Crippen LogP contribution in [0, 0.1) is 13.8 Å². The topological polar surface area (TPSA) is 43.3 Å². The van der Waals surface area contributed by atoms with Crippen LogP contribution in [-0.2, 0) is 24.4 Å². The average Bonchev–Trinajstić information content (AvgIpc) is 3.25. The summed E-state index contributed by atoms with van der Waals surface area (Å²) >= 11 is 1.73.